The summed E-state index contributed by atoms with van der Waals surface area (Å²) in [4.78, 5) is 6.48. The first kappa shape index (κ1) is 12.0. The predicted molar refractivity (Wildman–Crippen MR) is 67.2 cm³/mol. The number of piperidine rings is 1. The predicted octanol–water partition coefficient (Wildman–Crippen LogP) is 0.879. The van der Waals surface area contributed by atoms with Crippen molar-refractivity contribution in [3.8, 4) is 5.88 Å². The fraction of sp³-hybridized carbons (Fsp3) is 0.583. The number of aromatic nitrogens is 1. The van der Waals surface area contributed by atoms with Crippen molar-refractivity contribution in [2.75, 3.05) is 30.8 Å². The number of hydrogen-bond donors (Lipinski definition) is 2. The second-order valence-corrected chi connectivity index (χ2v) is 4.55. The number of nitrogen functional groups attached to an aromatic ring is 1. The van der Waals surface area contributed by atoms with E-state index in [4.69, 9.17) is 10.5 Å². The monoisotopic (exact) mass is 237 g/mol. The van der Waals surface area contributed by atoms with Crippen LogP contribution in [0.2, 0.25) is 0 Å². The van der Waals surface area contributed by atoms with E-state index in [1.807, 2.05) is 6.92 Å². The minimum Gasteiger partial charge on any atom is -0.481 e. The van der Waals surface area contributed by atoms with Gasteiger partial charge in [-0.1, -0.05) is 6.92 Å². The Balaban J connectivity index is 2.21. The zero-order valence-corrected chi connectivity index (χ0v) is 10.3. The van der Waals surface area contributed by atoms with Crippen LogP contribution in [0.5, 0.6) is 5.88 Å². The number of ether oxygens (including phenoxy) is 1. The Bertz CT molecular complexity index is 397. The van der Waals surface area contributed by atoms with Gasteiger partial charge in [0.05, 0.1) is 18.9 Å². The molecule has 2 atom stereocenters. The van der Waals surface area contributed by atoms with Crippen LogP contribution in [0.15, 0.2) is 12.1 Å². The van der Waals surface area contributed by atoms with E-state index in [-0.39, 0.29) is 12.0 Å². The van der Waals surface area contributed by atoms with Gasteiger partial charge in [0.2, 0.25) is 5.88 Å². The largest absolute Gasteiger partial charge is 0.481 e. The summed E-state index contributed by atoms with van der Waals surface area (Å²) < 4.78 is 5.11. The summed E-state index contributed by atoms with van der Waals surface area (Å²) in [5.41, 5.74) is 6.58. The summed E-state index contributed by atoms with van der Waals surface area (Å²) >= 11 is 0. The molecule has 3 N–H and O–H groups in total. The number of rotatable bonds is 2. The van der Waals surface area contributed by atoms with Crippen LogP contribution in [-0.2, 0) is 0 Å². The number of anilines is 2. The molecule has 0 aromatic carbocycles. The van der Waals surface area contributed by atoms with E-state index in [1.165, 1.54) is 0 Å². The molecule has 1 aliphatic heterocycles. The highest BCUT2D eigenvalue weighted by molar-refractivity contribution is 5.63. The normalized spacial score (nSPS) is 24.8. The maximum absolute atomic E-state index is 9.71. The minimum atomic E-state index is -0.224. The van der Waals surface area contributed by atoms with Crippen LogP contribution >= 0.6 is 0 Å². The van der Waals surface area contributed by atoms with Crippen molar-refractivity contribution in [2.24, 2.45) is 5.92 Å². The third kappa shape index (κ3) is 2.44. The summed E-state index contributed by atoms with van der Waals surface area (Å²) in [7, 11) is 1.59. The van der Waals surface area contributed by atoms with E-state index in [2.05, 4.69) is 9.88 Å². The molecule has 2 unspecified atom stereocenters. The van der Waals surface area contributed by atoms with E-state index in [0.717, 1.165) is 25.3 Å². The van der Waals surface area contributed by atoms with E-state index in [9.17, 15) is 5.11 Å². The lowest BCUT2D eigenvalue weighted by molar-refractivity contribution is 0.0969. The van der Waals surface area contributed by atoms with E-state index in [1.54, 1.807) is 19.2 Å². The molecule has 0 spiro atoms. The van der Waals surface area contributed by atoms with Gasteiger partial charge in [-0.15, -0.1) is 0 Å². The molecular weight excluding hydrogens is 218 g/mol. The first-order valence-corrected chi connectivity index (χ1v) is 5.85. The Morgan fingerprint density at radius 3 is 2.94 bits per heavy atom. The lowest BCUT2D eigenvalue weighted by Gasteiger charge is -2.35. The summed E-state index contributed by atoms with van der Waals surface area (Å²) in [6, 6.07) is 3.55. The molecule has 0 amide bonds. The minimum absolute atomic E-state index is 0.224. The van der Waals surface area contributed by atoms with E-state index >= 15 is 0 Å². The van der Waals surface area contributed by atoms with Gasteiger partial charge in [-0.3, -0.25) is 0 Å². The number of hydrogen-bond acceptors (Lipinski definition) is 5. The van der Waals surface area contributed by atoms with Crippen LogP contribution in [0.25, 0.3) is 0 Å². The molecule has 17 heavy (non-hydrogen) atoms. The highest BCUT2D eigenvalue weighted by Gasteiger charge is 2.26. The van der Waals surface area contributed by atoms with Crippen molar-refractivity contribution in [1.82, 2.24) is 4.98 Å². The lowest BCUT2D eigenvalue weighted by atomic mass is 9.97. The number of aliphatic hydroxyl groups is 1. The molecule has 0 saturated carbocycles. The van der Waals surface area contributed by atoms with Crippen LogP contribution < -0.4 is 15.4 Å². The molecule has 0 radical (unpaired) electrons. The van der Waals surface area contributed by atoms with E-state index < -0.39 is 0 Å². The molecule has 2 heterocycles. The maximum atomic E-state index is 9.71. The third-order valence-electron chi connectivity index (χ3n) is 3.25. The summed E-state index contributed by atoms with van der Waals surface area (Å²) in [6.45, 7) is 3.58. The molecular formula is C12H19N3O2. The Kier molecular flexibility index (Phi) is 3.38. The standard InChI is InChI=1S/C12H19N3O2/c1-8-7-15(6-5-10(8)16)12-9(13)3-4-11(14-12)17-2/h3-4,8,10,16H,5-7,13H2,1-2H3. The smallest absolute Gasteiger partial charge is 0.215 e. The molecule has 2 rings (SSSR count). The molecule has 0 aliphatic carbocycles. The molecule has 1 saturated heterocycles. The van der Waals surface area contributed by atoms with Crippen LogP contribution in [-0.4, -0.2) is 36.4 Å². The molecule has 1 aromatic rings. The van der Waals surface area contributed by atoms with Crippen molar-refractivity contribution in [2.45, 2.75) is 19.4 Å². The Labute approximate surface area is 101 Å². The van der Waals surface area contributed by atoms with Gasteiger partial charge in [0.1, 0.15) is 0 Å². The number of nitrogens with two attached hydrogens (primary N) is 1. The fourth-order valence-electron chi connectivity index (χ4n) is 2.13. The number of nitrogens with zero attached hydrogens (tertiary/aromatic N) is 2. The Hall–Kier alpha value is -1.49. The quantitative estimate of drug-likeness (QED) is 0.799. The van der Waals surface area contributed by atoms with Crippen molar-refractivity contribution in [1.29, 1.82) is 0 Å². The number of aliphatic hydroxyl groups excluding tert-OH is 1. The molecule has 1 aliphatic rings. The highest BCUT2D eigenvalue weighted by atomic mass is 16.5. The Morgan fingerprint density at radius 1 is 1.53 bits per heavy atom. The summed E-state index contributed by atoms with van der Waals surface area (Å²) in [5.74, 6) is 1.55. The van der Waals surface area contributed by atoms with Crippen molar-refractivity contribution in [3.05, 3.63) is 12.1 Å². The van der Waals surface area contributed by atoms with Crippen LogP contribution in [0, 0.1) is 5.92 Å². The highest BCUT2D eigenvalue weighted by Crippen LogP contribution is 2.28. The average molecular weight is 237 g/mol. The SMILES string of the molecule is COc1ccc(N)c(N2CCC(O)C(C)C2)n1. The molecule has 5 nitrogen and oxygen atoms in total. The van der Waals surface area contributed by atoms with Crippen LogP contribution in [0.1, 0.15) is 13.3 Å². The zero-order chi connectivity index (χ0) is 12.4. The van der Waals surface area contributed by atoms with Crippen molar-refractivity contribution >= 4 is 11.5 Å². The van der Waals surface area contributed by atoms with Gasteiger partial charge in [-0.25, -0.2) is 0 Å². The van der Waals surface area contributed by atoms with Gasteiger partial charge in [0, 0.05) is 19.2 Å². The molecule has 5 heteroatoms. The van der Waals surface area contributed by atoms with Crippen molar-refractivity contribution < 1.29 is 9.84 Å². The van der Waals surface area contributed by atoms with Gasteiger partial charge < -0.3 is 20.5 Å². The molecule has 94 valence electrons. The van der Waals surface area contributed by atoms with E-state index in [0.29, 0.717) is 11.6 Å². The van der Waals surface area contributed by atoms with Crippen LogP contribution in [0.4, 0.5) is 11.5 Å². The third-order valence-corrected chi connectivity index (χ3v) is 3.25. The first-order chi connectivity index (χ1) is 8.11. The first-order valence-electron chi connectivity index (χ1n) is 5.85. The van der Waals surface area contributed by atoms with Gasteiger partial charge in [-0.05, 0) is 18.4 Å². The van der Waals surface area contributed by atoms with Gasteiger partial charge in [0.25, 0.3) is 0 Å². The summed E-state index contributed by atoms with van der Waals surface area (Å²) in [5, 5.41) is 9.71. The lowest BCUT2D eigenvalue weighted by Crippen LogP contribution is -2.42. The maximum Gasteiger partial charge on any atom is 0.215 e. The molecule has 1 fully saturated rings. The van der Waals surface area contributed by atoms with Gasteiger partial charge >= 0.3 is 0 Å². The number of pyridine rings is 1. The van der Waals surface area contributed by atoms with Crippen LogP contribution in [0.3, 0.4) is 0 Å². The second-order valence-electron chi connectivity index (χ2n) is 4.55. The van der Waals surface area contributed by atoms with Gasteiger partial charge in [-0.2, -0.15) is 4.98 Å². The van der Waals surface area contributed by atoms with Crippen molar-refractivity contribution in [3.63, 3.8) is 0 Å². The van der Waals surface area contributed by atoms with Gasteiger partial charge in [0.15, 0.2) is 5.82 Å². The Morgan fingerprint density at radius 2 is 2.29 bits per heavy atom. The topological polar surface area (TPSA) is 71.6 Å². The zero-order valence-electron chi connectivity index (χ0n) is 10.3. The average Bonchev–Trinajstić information content (AvgIpc) is 2.33. The fourth-order valence-corrected chi connectivity index (χ4v) is 2.13. The molecule has 1 aromatic heterocycles. The number of methoxy groups -OCH3 is 1. The summed E-state index contributed by atoms with van der Waals surface area (Å²) in [6.07, 6.45) is 0.526. The second kappa shape index (κ2) is 4.79. The molecule has 0 bridgehead atoms.